The first-order valence-electron chi connectivity index (χ1n) is 8.03. The standard InChI is InChI=1S/C16H29NS/c1-4-11-5-6-12(11)13-7-8-14(13)15-9-10-16(2,3)17(15)18/h11-15,18H,4-10H2,1-3H3. The fourth-order valence-corrected chi connectivity index (χ4v) is 5.20. The minimum atomic E-state index is 0.317. The number of hydrogen-bond donors (Lipinski definition) is 1. The van der Waals surface area contributed by atoms with E-state index in [4.69, 9.17) is 12.8 Å². The van der Waals surface area contributed by atoms with E-state index in [9.17, 15) is 0 Å². The van der Waals surface area contributed by atoms with Gasteiger partial charge in [0.1, 0.15) is 0 Å². The lowest BCUT2D eigenvalue weighted by molar-refractivity contribution is -0.0232. The van der Waals surface area contributed by atoms with Crippen molar-refractivity contribution in [2.45, 2.75) is 77.3 Å². The molecule has 0 aromatic heterocycles. The Morgan fingerprint density at radius 1 is 1.00 bits per heavy atom. The largest absolute Gasteiger partial charge is 0.244 e. The Kier molecular flexibility index (Phi) is 3.47. The zero-order valence-corrected chi connectivity index (χ0v) is 13.1. The second-order valence-corrected chi connectivity index (χ2v) is 8.01. The molecule has 3 rings (SSSR count). The summed E-state index contributed by atoms with van der Waals surface area (Å²) in [7, 11) is 0. The Bertz CT molecular complexity index is 312. The van der Waals surface area contributed by atoms with Crippen molar-refractivity contribution in [3.05, 3.63) is 0 Å². The molecule has 3 aliphatic rings. The van der Waals surface area contributed by atoms with Crippen LogP contribution in [0.4, 0.5) is 0 Å². The average molecular weight is 267 g/mol. The average Bonchev–Trinajstić information content (AvgIpc) is 2.51. The van der Waals surface area contributed by atoms with Crippen LogP contribution in [0.3, 0.4) is 0 Å². The molecule has 0 radical (unpaired) electrons. The summed E-state index contributed by atoms with van der Waals surface area (Å²) in [4.78, 5) is 0. The van der Waals surface area contributed by atoms with Crippen LogP contribution in [0.1, 0.15) is 65.7 Å². The van der Waals surface area contributed by atoms with E-state index >= 15 is 0 Å². The second-order valence-electron chi connectivity index (χ2n) is 7.58. The SMILES string of the molecule is CCC1CCC1C1CCC1C1CCC(C)(C)N1S. The molecule has 2 saturated carbocycles. The van der Waals surface area contributed by atoms with E-state index in [1.807, 2.05) is 0 Å². The number of hydrogen-bond acceptors (Lipinski definition) is 2. The normalized spacial score (nSPS) is 47.7. The molecular formula is C16H29NS. The van der Waals surface area contributed by atoms with Gasteiger partial charge in [0, 0.05) is 11.6 Å². The van der Waals surface area contributed by atoms with Crippen molar-refractivity contribution in [1.82, 2.24) is 4.31 Å². The molecule has 1 heterocycles. The first-order chi connectivity index (χ1) is 8.54. The molecule has 3 fully saturated rings. The van der Waals surface area contributed by atoms with Crippen LogP contribution in [0.5, 0.6) is 0 Å². The van der Waals surface area contributed by atoms with Crippen LogP contribution in [-0.4, -0.2) is 15.9 Å². The van der Waals surface area contributed by atoms with Crippen LogP contribution >= 0.6 is 12.8 Å². The molecule has 2 heteroatoms. The fraction of sp³-hybridized carbons (Fsp3) is 1.00. The number of nitrogens with zero attached hydrogens (tertiary/aromatic N) is 1. The van der Waals surface area contributed by atoms with Gasteiger partial charge in [0.15, 0.2) is 0 Å². The van der Waals surface area contributed by atoms with Gasteiger partial charge in [-0.05, 0) is 76.0 Å². The molecule has 1 aliphatic heterocycles. The third-order valence-electron chi connectivity index (χ3n) is 6.41. The first kappa shape index (κ1) is 13.3. The summed E-state index contributed by atoms with van der Waals surface area (Å²) in [6, 6.07) is 0.764. The Morgan fingerprint density at radius 2 is 1.67 bits per heavy atom. The van der Waals surface area contributed by atoms with Crippen molar-refractivity contribution in [2.24, 2.45) is 23.7 Å². The molecule has 5 atom stereocenters. The van der Waals surface area contributed by atoms with Crippen molar-refractivity contribution in [3.63, 3.8) is 0 Å². The molecule has 2 aliphatic carbocycles. The molecule has 1 nitrogen and oxygen atoms in total. The molecule has 0 N–H and O–H groups in total. The molecule has 0 bridgehead atoms. The highest BCUT2D eigenvalue weighted by Crippen LogP contribution is 2.55. The molecule has 1 saturated heterocycles. The quantitative estimate of drug-likeness (QED) is 0.735. The Labute approximate surface area is 118 Å². The molecule has 0 aromatic rings. The van der Waals surface area contributed by atoms with Gasteiger partial charge in [-0.1, -0.05) is 26.2 Å². The highest BCUT2D eigenvalue weighted by atomic mass is 32.1. The fourth-order valence-electron chi connectivity index (χ4n) is 4.81. The van der Waals surface area contributed by atoms with Gasteiger partial charge in [0.25, 0.3) is 0 Å². The highest BCUT2D eigenvalue weighted by Gasteiger charge is 2.51. The maximum Gasteiger partial charge on any atom is 0.0258 e. The zero-order valence-electron chi connectivity index (χ0n) is 12.2. The van der Waals surface area contributed by atoms with Crippen LogP contribution in [0.2, 0.25) is 0 Å². The van der Waals surface area contributed by atoms with Gasteiger partial charge in [0.2, 0.25) is 0 Å². The van der Waals surface area contributed by atoms with Gasteiger partial charge < -0.3 is 0 Å². The lowest BCUT2D eigenvalue weighted by atomic mass is 9.54. The van der Waals surface area contributed by atoms with Gasteiger partial charge >= 0.3 is 0 Å². The Balaban J connectivity index is 1.64. The summed E-state index contributed by atoms with van der Waals surface area (Å²) < 4.78 is 2.41. The summed E-state index contributed by atoms with van der Waals surface area (Å²) in [6.07, 6.45) is 10.1. The van der Waals surface area contributed by atoms with Crippen molar-refractivity contribution in [3.8, 4) is 0 Å². The number of thiol groups is 1. The van der Waals surface area contributed by atoms with Gasteiger partial charge in [-0.25, -0.2) is 4.31 Å². The van der Waals surface area contributed by atoms with Crippen molar-refractivity contribution in [2.75, 3.05) is 0 Å². The van der Waals surface area contributed by atoms with Crippen LogP contribution in [-0.2, 0) is 0 Å². The van der Waals surface area contributed by atoms with Crippen LogP contribution in [0, 0.1) is 23.7 Å². The smallest absolute Gasteiger partial charge is 0.0258 e. The highest BCUT2D eigenvalue weighted by molar-refractivity contribution is 7.77. The van der Waals surface area contributed by atoms with Gasteiger partial charge in [-0.3, -0.25) is 0 Å². The maximum atomic E-state index is 4.83. The minimum absolute atomic E-state index is 0.317. The van der Waals surface area contributed by atoms with Gasteiger partial charge in [0.05, 0.1) is 0 Å². The Morgan fingerprint density at radius 3 is 2.06 bits per heavy atom. The van der Waals surface area contributed by atoms with E-state index in [-0.39, 0.29) is 0 Å². The Hall–Kier alpha value is 0.310. The van der Waals surface area contributed by atoms with Crippen molar-refractivity contribution in [1.29, 1.82) is 0 Å². The predicted molar refractivity (Wildman–Crippen MR) is 80.6 cm³/mol. The summed E-state index contributed by atoms with van der Waals surface area (Å²) in [5, 5.41) is 0. The minimum Gasteiger partial charge on any atom is -0.244 e. The van der Waals surface area contributed by atoms with Crippen LogP contribution in [0.25, 0.3) is 0 Å². The third kappa shape index (κ3) is 1.95. The predicted octanol–water partition coefficient (Wildman–Crippen LogP) is 4.54. The molecule has 5 unspecified atom stereocenters. The van der Waals surface area contributed by atoms with E-state index in [1.54, 1.807) is 0 Å². The van der Waals surface area contributed by atoms with E-state index in [0.717, 1.165) is 29.7 Å². The summed E-state index contributed by atoms with van der Waals surface area (Å²) in [6.45, 7) is 7.09. The summed E-state index contributed by atoms with van der Waals surface area (Å²) in [5.41, 5.74) is 0.317. The van der Waals surface area contributed by atoms with Crippen molar-refractivity contribution < 1.29 is 0 Å². The molecular weight excluding hydrogens is 238 g/mol. The van der Waals surface area contributed by atoms with E-state index < -0.39 is 0 Å². The first-order valence-corrected chi connectivity index (χ1v) is 8.43. The summed E-state index contributed by atoms with van der Waals surface area (Å²) >= 11 is 4.83. The lowest BCUT2D eigenvalue weighted by Gasteiger charge is -2.53. The summed E-state index contributed by atoms with van der Waals surface area (Å²) in [5.74, 6) is 4.13. The molecule has 0 spiro atoms. The molecule has 104 valence electrons. The second kappa shape index (κ2) is 4.70. The zero-order chi connectivity index (χ0) is 12.9. The monoisotopic (exact) mass is 267 g/mol. The lowest BCUT2D eigenvalue weighted by Crippen LogP contribution is -2.49. The topological polar surface area (TPSA) is 3.24 Å². The molecule has 0 amide bonds. The molecule has 18 heavy (non-hydrogen) atoms. The third-order valence-corrected chi connectivity index (χ3v) is 7.25. The van der Waals surface area contributed by atoms with Crippen molar-refractivity contribution >= 4 is 12.8 Å². The van der Waals surface area contributed by atoms with E-state index in [2.05, 4.69) is 25.1 Å². The van der Waals surface area contributed by atoms with Gasteiger partial charge in [-0.15, -0.1) is 0 Å². The van der Waals surface area contributed by atoms with Crippen LogP contribution in [0.15, 0.2) is 0 Å². The number of rotatable bonds is 3. The van der Waals surface area contributed by atoms with E-state index in [0.29, 0.717) is 5.54 Å². The van der Waals surface area contributed by atoms with Gasteiger partial charge in [-0.2, -0.15) is 0 Å². The van der Waals surface area contributed by atoms with Crippen LogP contribution < -0.4 is 0 Å². The molecule has 0 aromatic carbocycles. The van der Waals surface area contributed by atoms with E-state index in [1.165, 1.54) is 44.9 Å². The maximum absolute atomic E-state index is 4.83.